The van der Waals surface area contributed by atoms with Gasteiger partial charge in [0.15, 0.2) is 0 Å². The fourth-order valence-electron chi connectivity index (χ4n) is 3.26. The summed E-state index contributed by atoms with van der Waals surface area (Å²) < 4.78 is 10.4. The molecule has 0 fully saturated rings. The maximum absolute atomic E-state index is 12.6. The van der Waals surface area contributed by atoms with E-state index >= 15 is 0 Å². The summed E-state index contributed by atoms with van der Waals surface area (Å²) in [4.78, 5) is 26.7. The zero-order chi connectivity index (χ0) is 21.6. The number of amides is 2. The van der Waals surface area contributed by atoms with Gasteiger partial charge in [-0.05, 0) is 36.1 Å². The Labute approximate surface area is 172 Å². The van der Waals surface area contributed by atoms with Crippen molar-refractivity contribution in [2.75, 3.05) is 32.2 Å². The number of ether oxygens (including phenoxy) is 2. The zero-order valence-corrected chi connectivity index (χ0v) is 18.0. The van der Waals surface area contributed by atoms with E-state index in [1.807, 2.05) is 25.1 Å². The molecule has 6 heteroatoms. The number of carbonyl (C=O) groups excluding carboxylic acids is 2. The van der Waals surface area contributed by atoms with Crippen molar-refractivity contribution in [2.45, 2.75) is 33.6 Å². The predicted octanol–water partition coefficient (Wildman–Crippen LogP) is 3.92. The van der Waals surface area contributed by atoms with Crippen molar-refractivity contribution in [2.24, 2.45) is 0 Å². The van der Waals surface area contributed by atoms with Crippen molar-refractivity contribution in [3.05, 3.63) is 53.1 Å². The van der Waals surface area contributed by atoms with Crippen LogP contribution < -0.4 is 19.7 Å². The van der Waals surface area contributed by atoms with Crippen LogP contribution >= 0.6 is 0 Å². The minimum Gasteiger partial charge on any atom is -0.497 e. The molecule has 0 saturated heterocycles. The van der Waals surface area contributed by atoms with Crippen LogP contribution in [0.3, 0.4) is 0 Å². The summed E-state index contributed by atoms with van der Waals surface area (Å²) in [7, 11) is 3.07. The highest BCUT2D eigenvalue weighted by Crippen LogP contribution is 2.31. The highest BCUT2D eigenvalue weighted by molar-refractivity contribution is 5.96. The molecule has 29 heavy (non-hydrogen) atoms. The molecule has 0 unspecified atom stereocenters. The first-order chi connectivity index (χ1) is 13.8. The second-order valence-corrected chi connectivity index (χ2v) is 7.20. The van der Waals surface area contributed by atoms with E-state index in [0.717, 1.165) is 16.8 Å². The molecule has 0 atom stereocenters. The van der Waals surface area contributed by atoms with Crippen molar-refractivity contribution < 1.29 is 19.1 Å². The molecule has 0 spiro atoms. The average molecular weight is 399 g/mol. The van der Waals surface area contributed by atoms with E-state index in [1.54, 1.807) is 30.0 Å². The summed E-state index contributed by atoms with van der Waals surface area (Å²) in [5, 5.41) is 2.88. The third-order valence-corrected chi connectivity index (χ3v) is 4.78. The molecule has 0 radical (unpaired) electrons. The maximum atomic E-state index is 12.6. The number of hydrogen-bond acceptors (Lipinski definition) is 4. The van der Waals surface area contributed by atoms with Gasteiger partial charge in [-0.2, -0.15) is 0 Å². The summed E-state index contributed by atoms with van der Waals surface area (Å²) in [5.74, 6) is 1.06. The van der Waals surface area contributed by atoms with Gasteiger partial charge in [0.25, 0.3) is 5.91 Å². The van der Waals surface area contributed by atoms with Gasteiger partial charge in [-0.15, -0.1) is 0 Å². The van der Waals surface area contributed by atoms with Crippen LogP contribution in [-0.4, -0.2) is 39.1 Å². The number of nitrogens with zero attached hydrogens (tertiary/aromatic N) is 1. The monoisotopic (exact) mass is 398 g/mol. The fraction of sp³-hybridized carbons (Fsp3) is 0.391. The fourth-order valence-corrected chi connectivity index (χ4v) is 3.26. The van der Waals surface area contributed by atoms with Gasteiger partial charge in [-0.3, -0.25) is 9.59 Å². The molecule has 156 valence electrons. The largest absolute Gasteiger partial charge is 0.497 e. The van der Waals surface area contributed by atoms with Gasteiger partial charge in [0.1, 0.15) is 11.5 Å². The third-order valence-electron chi connectivity index (χ3n) is 4.78. The van der Waals surface area contributed by atoms with Crippen LogP contribution in [0.15, 0.2) is 36.4 Å². The normalized spacial score (nSPS) is 10.6. The van der Waals surface area contributed by atoms with E-state index < -0.39 is 0 Å². The number of aryl methyl sites for hydroxylation is 1. The Morgan fingerprint density at radius 3 is 2.21 bits per heavy atom. The average Bonchev–Trinajstić information content (AvgIpc) is 2.70. The van der Waals surface area contributed by atoms with E-state index in [2.05, 4.69) is 19.2 Å². The van der Waals surface area contributed by atoms with Gasteiger partial charge in [-0.1, -0.05) is 32.0 Å². The SMILES string of the molecule is COc1cc(OC)cc(C(=O)NCCN(C(C)=O)c2c(C)cccc2C(C)C)c1. The third kappa shape index (κ3) is 5.50. The molecule has 0 aliphatic rings. The summed E-state index contributed by atoms with van der Waals surface area (Å²) >= 11 is 0. The minimum atomic E-state index is -0.250. The number of methoxy groups -OCH3 is 2. The van der Waals surface area contributed by atoms with E-state index in [1.165, 1.54) is 14.2 Å². The Balaban J connectivity index is 2.16. The standard InChI is InChI=1S/C23H30N2O4/c1-15(2)21-9-7-8-16(3)22(21)25(17(4)26)11-10-24-23(27)18-12-19(28-5)14-20(13-18)29-6/h7-9,12-15H,10-11H2,1-6H3,(H,24,27). The van der Waals surface area contributed by atoms with Gasteiger partial charge in [0.2, 0.25) is 5.91 Å². The van der Waals surface area contributed by atoms with Crippen LogP contribution in [0.4, 0.5) is 5.69 Å². The van der Waals surface area contributed by atoms with Crippen LogP contribution in [0.1, 0.15) is 48.2 Å². The van der Waals surface area contributed by atoms with Crippen molar-refractivity contribution in [1.82, 2.24) is 5.32 Å². The van der Waals surface area contributed by atoms with Crippen LogP contribution in [0.25, 0.3) is 0 Å². The molecule has 6 nitrogen and oxygen atoms in total. The van der Waals surface area contributed by atoms with Crippen molar-refractivity contribution in [1.29, 1.82) is 0 Å². The first-order valence-electron chi connectivity index (χ1n) is 9.67. The Morgan fingerprint density at radius 1 is 1.07 bits per heavy atom. The lowest BCUT2D eigenvalue weighted by molar-refractivity contribution is -0.116. The van der Waals surface area contributed by atoms with E-state index in [4.69, 9.17) is 9.47 Å². The van der Waals surface area contributed by atoms with Gasteiger partial charge in [0, 0.05) is 31.6 Å². The summed E-state index contributed by atoms with van der Waals surface area (Å²) in [5.41, 5.74) is 3.51. The van der Waals surface area contributed by atoms with Crippen LogP contribution in [0.5, 0.6) is 11.5 Å². The Hall–Kier alpha value is -3.02. The molecule has 2 amide bonds. The quantitative estimate of drug-likeness (QED) is 0.732. The molecule has 1 N–H and O–H groups in total. The molecule has 0 saturated carbocycles. The molecule has 0 aliphatic carbocycles. The van der Waals surface area contributed by atoms with Crippen molar-refractivity contribution >= 4 is 17.5 Å². The molecule has 0 heterocycles. The van der Waals surface area contributed by atoms with Gasteiger partial charge in [-0.25, -0.2) is 0 Å². The Bertz CT molecular complexity index is 855. The van der Waals surface area contributed by atoms with Crippen molar-refractivity contribution in [3.63, 3.8) is 0 Å². The van der Waals surface area contributed by atoms with E-state index in [-0.39, 0.29) is 17.7 Å². The van der Waals surface area contributed by atoms with Crippen molar-refractivity contribution in [3.8, 4) is 11.5 Å². The highest BCUT2D eigenvalue weighted by Gasteiger charge is 2.19. The molecular formula is C23H30N2O4. The first-order valence-corrected chi connectivity index (χ1v) is 9.67. The Morgan fingerprint density at radius 2 is 1.69 bits per heavy atom. The lowest BCUT2D eigenvalue weighted by Crippen LogP contribution is -2.38. The molecule has 0 bridgehead atoms. The lowest BCUT2D eigenvalue weighted by Gasteiger charge is -2.27. The highest BCUT2D eigenvalue weighted by atomic mass is 16.5. The van der Waals surface area contributed by atoms with Gasteiger partial charge >= 0.3 is 0 Å². The number of carbonyl (C=O) groups is 2. The number of rotatable bonds is 8. The van der Waals surface area contributed by atoms with Gasteiger partial charge < -0.3 is 19.7 Å². The van der Waals surface area contributed by atoms with Crippen LogP contribution in [0, 0.1) is 6.92 Å². The maximum Gasteiger partial charge on any atom is 0.251 e. The zero-order valence-electron chi connectivity index (χ0n) is 18.0. The summed E-state index contributed by atoms with van der Waals surface area (Å²) in [6, 6.07) is 11.1. The minimum absolute atomic E-state index is 0.0569. The smallest absolute Gasteiger partial charge is 0.251 e. The second-order valence-electron chi connectivity index (χ2n) is 7.20. The molecule has 2 aromatic rings. The molecule has 0 aromatic heterocycles. The van der Waals surface area contributed by atoms with Crippen LogP contribution in [0.2, 0.25) is 0 Å². The number of para-hydroxylation sites is 1. The molecule has 2 rings (SSSR count). The van der Waals surface area contributed by atoms with Crippen LogP contribution in [-0.2, 0) is 4.79 Å². The number of benzene rings is 2. The summed E-state index contributed by atoms with van der Waals surface area (Å²) in [6.07, 6.45) is 0. The summed E-state index contributed by atoms with van der Waals surface area (Å²) in [6.45, 7) is 8.46. The predicted molar refractivity (Wildman–Crippen MR) is 115 cm³/mol. The lowest BCUT2D eigenvalue weighted by atomic mass is 9.97. The molecular weight excluding hydrogens is 368 g/mol. The second kappa shape index (κ2) is 9.96. The number of hydrogen-bond donors (Lipinski definition) is 1. The number of anilines is 1. The topological polar surface area (TPSA) is 67.9 Å². The van der Waals surface area contributed by atoms with E-state index in [9.17, 15) is 9.59 Å². The first kappa shape index (κ1) is 22.3. The number of nitrogens with one attached hydrogen (secondary N) is 1. The van der Waals surface area contributed by atoms with Gasteiger partial charge in [0.05, 0.1) is 19.9 Å². The Kier molecular flexibility index (Phi) is 7.65. The molecule has 2 aromatic carbocycles. The molecule has 0 aliphatic heterocycles. The van der Waals surface area contributed by atoms with E-state index in [0.29, 0.717) is 30.2 Å².